The summed E-state index contributed by atoms with van der Waals surface area (Å²) in [6.45, 7) is 19.5. The van der Waals surface area contributed by atoms with E-state index in [1.165, 1.54) is 19.3 Å². The van der Waals surface area contributed by atoms with E-state index in [1.807, 2.05) is 13.8 Å². The van der Waals surface area contributed by atoms with Crippen LogP contribution in [-0.4, -0.2) is 227 Å². The van der Waals surface area contributed by atoms with Gasteiger partial charge in [0.05, 0.1) is 90.7 Å². The van der Waals surface area contributed by atoms with Crippen molar-refractivity contribution in [3.8, 4) is 0 Å². The monoisotopic (exact) mass is 1680 g/mol. The van der Waals surface area contributed by atoms with Crippen LogP contribution >= 0.6 is 46.4 Å². The van der Waals surface area contributed by atoms with Gasteiger partial charge in [-0.25, -0.2) is 0 Å². The van der Waals surface area contributed by atoms with Gasteiger partial charge in [-0.2, -0.15) is 7.11 Å². The van der Waals surface area contributed by atoms with Crippen molar-refractivity contribution in [2.75, 3.05) is 153 Å². The molecule has 7 unspecified atom stereocenters. The van der Waals surface area contributed by atoms with E-state index >= 15 is 0 Å². The van der Waals surface area contributed by atoms with Crippen LogP contribution in [0.3, 0.4) is 0 Å². The van der Waals surface area contributed by atoms with E-state index in [9.17, 15) is 22.1 Å². The van der Waals surface area contributed by atoms with Crippen LogP contribution in [0.2, 0.25) is 6.04 Å². The van der Waals surface area contributed by atoms with Gasteiger partial charge in [-0.1, -0.05) is 38.8 Å². The maximum Gasteiger partial charge on any atom is 1.00 e. The molecule has 23 nitrogen and oxygen atoms in total. The maximum absolute atomic E-state index is 10.5. The largest absolute Gasteiger partial charge is 1.00 e. The fourth-order valence-electron chi connectivity index (χ4n) is 8.92. The molecule has 0 aromatic carbocycles. The number of hydrogen-bond donors (Lipinski definition) is 0. The van der Waals surface area contributed by atoms with E-state index in [0.717, 1.165) is 149 Å². The van der Waals surface area contributed by atoms with Crippen LogP contribution in [0.5, 0.6) is 0 Å². The van der Waals surface area contributed by atoms with Gasteiger partial charge in [0.2, 0.25) is 0 Å². The zero-order valence-corrected chi connectivity index (χ0v) is 66.6. The average molecular weight is 1680 g/mol. The molecule has 4 spiro atoms. The van der Waals surface area contributed by atoms with Crippen molar-refractivity contribution in [3.05, 3.63) is 24.7 Å². The van der Waals surface area contributed by atoms with Crippen LogP contribution in [0.15, 0.2) is 24.7 Å². The fraction of sp³-hybridized carbons (Fsp3) is 0.914. The van der Waals surface area contributed by atoms with Gasteiger partial charge in [-0.15, -0.1) is 46.4 Å². The number of rotatable bonds is 12. The predicted molar refractivity (Wildman–Crippen MR) is 344 cm³/mol. The quantitative estimate of drug-likeness (QED) is 0.0587. The van der Waals surface area contributed by atoms with Crippen molar-refractivity contribution in [2.24, 2.45) is 0 Å². The van der Waals surface area contributed by atoms with E-state index in [-0.39, 0.29) is 74.1 Å². The summed E-state index contributed by atoms with van der Waals surface area (Å²) in [5, 5.41) is 8.44. The summed E-state index contributed by atoms with van der Waals surface area (Å²) in [6, 6.07) is 0.571. The van der Waals surface area contributed by atoms with Crippen molar-refractivity contribution in [2.45, 2.75) is 191 Å². The number of cyclic esters (lactones) is 1. The van der Waals surface area contributed by atoms with Crippen LogP contribution in [0.4, 0.5) is 17.3 Å². The van der Waals surface area contributed by atoms with Gasteiger partial charge in [0.1, 0.15) is 30.8 Å². The Morgan fingerprint density at radius 1 is 0.574 bits per heavy atom. The Morgan fingerprint density at radius 2 is 0.915 bits per heavy atom. The standard InChI is InChI=1S/C12H24O6Si.C9H15ClO3.2C9H14O3.C6H10O2.C4H10O.C3H5ClO.C3H10O3Si.CH2Cl2.CH3F.CH3O.BF3.Na.Pt/c1-13-19(14-2,15-3)10-11-9-17-12(18-11)7-5-4-6-8-16-12;10-6-8-7-12-9(13-8)4-2-1-3-5-11-9;2*1-8-7-11-9(12-8)5-3-2-4-6-10-9;7-6-4-2-1-3-5-8-6;1-3-5-4-2;4-1-3-2-5-3;1-4-7(5-2)6-3;2-1-3;2*1-2;2-1(3)4;;/h11H,4-10H2,1-3H3;8H,1-7H2;2*1-7H2;1-5H2;3-4H2,1-2H3;3H,1-2H2;7H,1-3H3;1H2;2*1H3;;;/q;;;;;;;;;;-1;;+1;/i;;;;;;;;;1D;;;;. The van der Waals surface area contributed by atoms with E-state index in [2.05, 4.69) is 13.2 Å². The van der Waals surface area contributed by atoms with Gasteiger partial charge in [0.15, 0.2) is 0 Å². The molecule has 0 aromatic heterocycles. The topological polar surface area (TPSA) is 237 Å². The Morgan fingerprint density at radius 3 is 1.20 bits per heavy atom. The molecule has 0 bridgehead atoms. The van der Waals surface area contributed by atoms with Crippen LogP contribution in [-0.2, 0) is 123 Å². The smallest absolute Gasteiger partial charge is 0.857 e. The molecular formula is C58H110BCl4F4NaO23PtSi2. The molecule has 0 amide bonds. The van der Waals surface area contributed by atoms with Crippen molar-refractivity contribution < 1.29 is 177 Å². The molecule has 36 heteroatoms. The molecule has 10 aliphatic heterocycles. The number of carbonyl (C=O) groups is 1. The van der Waals surface area contributed by atoms with Crippen molar-refractivity contribution in [1.82, 2.24) is 0 Å². The molecule has 0 aromatic rings. The molecule has 10 rings (SSSR count). The number of ether oxygens (including phenoxy) is 15. The van der Waals surface area contributed by atoms with Gasteiger partial charge in [0.25, 0.3) is 11.9 Å². The molecule has 0 saturated carbocycles. The first-order chi connectivity index (χ1) is 44.8. The summed E-state index contributed by atoms with van der Waals surface area (Å²) in [5.74, 6) is -0.671. The minimum atomic E-state index is -3.67. The first-order valence-corrected chi connectivity index (χ1v) is 36.5. The molecule has 94 heavy (non-hydrogen) atoms. The number of alkyl halides is 5. The fourth-order valence-corrected chi connectivity index (χ4v) is 11.6. The molecule has 10 aliphatic rings. The Kier molecular flexibility index (Phi) is 68.1. The van der Waals surface area contributed by atoms with Gasteiger partial charge in [-0.05, 0) is 84.5 Å². The Bertz CT molecular complexity index is 1700. The number of esters is 1. The first kappa shape index (κ1) is 99.0. The number of carbonyl (C=O) groups excluding carboxylic acids is 1. The van der Waals surface area contributed by atoms with E-state index < -0.39 is 56.9 Å². The van der Waals surface area contributed by atoms with Crippen LogP contribution in [0, 0.1) is 0 Å². The number of hydrogen-bond acceptors (Lipinski definition) is 23. The molecule has 10 fully saturated rings. The van der Waals surface area contributed by atoms with Crippen LogP contribution in [0.1, 0.15) is 144 Å². The van der Waals surface area contributed by atoms with Gasteiger partial charge in [-0.3, -0.25) is 22.1 Å². The van der Waals surface area contributed by atoms with E-state index in [0.29, 0.717) is 81.5 Å². The average Bonchev–Trinajstić information content (AvgIpc) is 1.76. The normalized spacial score (nSPS) is 27.2. The number of epoxide rings is 1. The Labute approximate surface area is 619 Å². The molecule has 10 heterocycles. The summed E-state index contributed by atoms with van der Waals surface area (Å²) in [4.78, 5) is 10.5. The molecule has 10 saturated heterocycles. The third-order valence-electron chi connectivity index (χ3n) is 13.4. The van der Waals surface area contributed by atoms with Gasteiger partial charge in [0, 0.05) is 115 Å². The minimum Gasteiger partial charge on any atom is -0.857 e. The van der Waals surface area contributed by atoms with Crippen LogP contribution in [0.25, 0.3) is 0 Å². The third-order valence-corrected chi connectivity index (χ3v) is 18.1. The third kappa shape index (κ3) is 48.7. The van der Waals surface area contributed by atoms with Crippen molar-refractivity contribution >= 4 is 78.2 Å². The molecule has 0 N–H and O–H groups in total. The van der Waals surface area contributed by atoms with Gasteiger partial charge < -0.3 is 103 Å². The summed E-state index contributed by atoms with van der Waals surface area (Å²) in [6.07, 6.45) is 20.9. The van der Waals surface area contributed by atoms with Crippen molar-refractivity contribution in [3.63, 3.8) is 0 Å². The zero-order chi connectivity index (χ0) is 70.1. The van der Waals surface area contributed by atoms with E-state index in [4.69, 9.17) is 150 Å². The summed E-state index contributed by atoms with van der Waals surface area (Å²) in [5.41, 5.74) is 0. The molecular weight excluding hydrogens is 1570 g/mol. The number of halogens is 8. The maximum atomic E-state index is 10.5. The van der Waals surface area contributed by atoms with E-state index in [1.54, 1.807) is 42.7 Å². The zero-order valence-electron chi connectivity index (χ0n) is 58.2. The van der Waals surface area contributed by atoms with Crippen LogP contribution < -0.4 is 34.7 Å². The second-order valence-corrected chi connectivity index (χ2v) is 26.7. The molecule has 7 atom stereocenters. The van der Waals surface area contributed by atoms with Crippen molar-refractivity contribution in [1.29, 1.82) is 0 Å². The molecule has 0 radical (unpaired) electrons. The second-order valence-electron chi connectivity index (χ2n) is 20.2. The first-order valence-electron chi connectivity index (χ1n) is 31.7. The predicted octanol–water partition coefficient (Wildman–Crippen LogP) is 8.27. The van der Waals surface area contributed by atoms with Gasteiger partial charge >= 0.3 is 73.3 Å². The summed E-state index contributed by atoms with van der Waals surface area (Å²) < 4.78 is 156. The minimum absolute atomic E-state index is 0. The SMILES string of the molecule is C=C1COC2(CCCCCO2)O1.C=C1COC2(CCCCCO2)O1.CCOCC.CO[SiH](OC)OC.CO[Si](CC1COC2(CCCCCO2)O1)(OC)OC.C[O-].ClCC1CO1.ClCC1COC2(CCCCCO2)O1.ClCCl.FB(F)F.O=C1CCCCCO1.[2H]CF.[Na+].[Pt]. The Balaban J connectivity index is -0.000000498. The summed E-state index contributed by atoms with van der Waals surface area (Å²) in [7, 11) is 1.31. The summed E-state index contributed by atoms with van der Waals surface area (Å²) >= 11 is 20.5. The second kappa shape index (κ2) is 64.7. The molecule has 0 aliphatic carbocycles. The molecule has 558 valence electrons. The Hall–Kier alpha value is 0.857.